The van der Waals surface area contributed by atoms with Gasteiger partial charge in [-0.05, 0) is 18.2 Å². The van der Waals surface area contributed by atoms with Gasteiger partial charge >= 0.3 is 0 Å². The normalized spacial score (nSPS) is 11.1. The van der Waals surface area contributed by atoms with E-state index in [9.17, 15) is 8.42 Å². The van der Waals surface area contributed by atoms with Crippen molar-refractivity contribution in [3.05, 3.63) is 48.7 Å². The number of aromatic nitrogens is 1. The second kappa shape index (κ2) is 4.55. The molecule has 0 spiro atoms. The van der Waals surface area contributed by atoms with E-state index in [0.717, 1.165) is 6.26 Å². The molecule has 0 radical (unpaired) electrons. The lowest BCUT2D eigenvalue weighted by molar-refractivity contribution is 0.462. The van der Waals surface area contributed by atoms with E-state index in [1.54, 1.807) is 12.1 Å². The van der Waals surface area contributed by atoms with E-state index >= 15 is 0 Å². The molecule has 0 amide bonds. The third-order valence-electron chi connectivity index (χ3n) is 2.10. The van der Waals surface area contributed by atoms with Crippen molar-refractivity contribution in [3.8, 4) is 11.6 Å². The third-order valence-corrected chi connectivity index (χ3v) is 3.20. The summed E-state index contributed by atoms with van der Waals surface area (Å²) in [5, 5.41) is 0. The lowest BCUT2D eigenvalue weighted by Crippen LogP contribution is -1.98. The van der Waals surface area contributed by atoms with Gasteiger partial charge in [0, 0.05) is 18.5 Å². The van der Waals surface area contributed by atoms with Crippen LogP contribution < -0.4 is 4.74 Å². The van der Waals surface area contributed by atoms with E-state index in [4.69, 9.17) is 4.74 Å². The first-order valence-electron chi connectivity index (χ1n) is 4.95. The fraction of sp³-hybridized carbons (Fsp3) is 0.0833. The van der Waals surface area contributed by atoms with Crippen LogP contribution in [0.25, 0.3) is 0 Å². The van der Waals surface area contributed by atoms with Crippen LogP contribution in [0, 0.1) is 0 Å². The number of rotatable bonds is 3. The molecule has 0 aliphatic rings. The highest BCUT2D eigenvalue weighted by molar-refractivity contribution is 7.90. The van der Waals surface area contributed by atoms with Gasteiger partial charge in [0.2, 0.25) is 5.88 Å². The molecule has 2 rings (SSSR count). The van der Waals surface area contributed by atoms with Crippen molar-refractivity contribution in [2.24, 2.45) is 0 Å². The first kappa shape index (κ1) is 11.6. The summed E-state index contributed by atoms with van der Waals surface area (Å²) in [7, 11) is -3.21. The molecule has 1 aromatic heterocycles. The van der Waals surface area contributed by atoms with E-state index in [2.05, 4.69) is 4.98 Å². The molecule has 0 N–H and O–H groups in total. The Labute approximate surface area is 99.8 Å². The van der Waals surface area contributed by atoms with Crippen molar-refractivity contribution in [1.82, 2.24) is 4.98 Å². The number of pyridine rings is 1. The molecule has 0 fully saturated rings. The number of ether oxygens (including phenoxy) is 1. The summed E-state index contributed by atoms with van der Waals surface area (Å²) in [4.78, 5) is 4.12. The number of nitrogens with zero attached hydrogens (tertiary/aromatic N) is 1. The molecule has 0 aliphatic heterocycles. The van der Waals surface area contributed by atoms with Gasteiger partial charge in [-0.25, -0.2) is 13.4 Å². The monoisotopic (exact) mass is 249 g/mol. The highest BCUT2D eigenvalue weighted by Gasteiger charge is 2.07. The summed E-state index contributed by atoms with van der Waals surface area (Å²) in [5.41, 5.74) is 0. The lowest BCUT2D eigenvalue weighted by atomic mass is 10.3. The zero-order valence-electron chi connectivity index (χ0n) is 9.20. The molecule has 88 valence electrons. The Morgan fingerprint density at radius 2 is 1.76 bits per heavy atom. The van der Waals surface area contributed by atoms with Crippen LogP contribution in [0.4, 0.5) is 0 Å². The van der Waals surface area contributed by atoms with Gasteiger partial charge in [-0.1, -0.05) is 18.2 Å². The Bertz CT molecular complexity index is 591. The van der Waals surface area contributed by atoms with E-state index < -0.39 is 9.84 Å². The van der Waals surface area contributed by atoms with Gasteiger partial charge in [0.05, 0.1) is 4.90 Å². The van der Waals surface area contributed by atoms with Crippen molar-refractivity contribution >= 4 is 9.84 Å². The van der Waals surface area contributed by atoms with Crippen LogP contribution in [0.3, 0.4) is 0 Å². The minimum atomic E-state index is -3.21. The Morgan fingerprint density at radius 1 is 1.06 bits per heavy atom. The minimum absolute atomic E-state index is 0.179. The van der Waals surface area contributed by atoms with E-state index in [1.807, 2.05) is 18.2 Å². The smallest absolute Gasteiger partial charge is 0.219 e. The first-order chi connectivity index (χ1) is 8.05. The van der Waals surface area contributed by atoms with Crippen LogP contribution in [-0.4, -0.2) is 19.7 Å². The summed E-state index contributed by atoms with van der Waals surface area (Å²) in [6.07, 6.45) is 2.43. The summed E-state index contributed by atoms with van der Waals surface area (Å²) in [6, 6.07) is 12.2. The summed E-state index contributed by atoms with van der Waals surface area (Å²) in [5.74, 6) is 1.02. The van der Waals surface area contributed by atoms with E-state index in [0.29, 0.717) is 11.6 Å². The predicted molar refractivity (Wildman–Crippen MR) is 63.9 cm³/mol. The SMILES string of the molecule is CS(=O)(=O)c1ccc(Oc2ccccc2)nc1. The molecule has 0 saturated heterocycles. The van der Waals surface area contributed by atoms with Crippen molar-refractivity contribution in [2.45, 2.75) is 4.90 Å². The second-order valence-corrected chi connectivity index (χ2v) is 5.54. The first-order valence-corrected chi connectivity index (χ1v) is 6.84. The summed E-state index contributed by atoms with van der Waals surface area (Å²) >= 11 is 0. The van der Waals surface area contributed by atoms with Gasteiger partial charge in [0.1, 0.15) is 5.75 Å². The van der Waals surface area contributed by atoms with Gasteiger partial charge < -0.3 is 4.74 Å². The average Bonchev–Trinajstić information content (AvgIpc) is 2.30. The average molecular weight is 249 g/mol. The van der Waals surface area contributed by atoms with Crippen LogP contribution in [0.2, 0.25) is 0 Å². The summed E-state index contributed by atoms with van der Waals surface area (Å²) in [6.45, 7) is 0. The Kier molecular flexibility index (Phi) is 3.10. The molecule has 4 nitrogen and oxygen atoms in total. The number of hydrogen-bond donors (Lipinski definition) is 0. The van der Waals surface area contributed by atoms with Gasteiger partial charge in [-0.15, -0.1) is 0 Å². The number of hydrogen-bond acceptors (Lipinski definition) is 4. The standard InChI is InChI=1S/C12H11NO3S/c1-17(14,15)11-7-8-12(13-9-11)16-10-5-3-2-4-6-10/h2-9H,1H3. The molecule has 2 aromatic rings. The predicted octanol–water partition coefficient (Wildman–Crippen LogP) is 2.28. The van der Waals surface area contributed by atoms with Crippen LogP contribution in [0.1, 0.15) is 0 Å². The van der Waals surface area contributed by atoms with Gasteiger partial charge in [0.15, 0.2) is 9.84 Å². The number of benzene rings is 1. The maximum absolute atomic E-state index is 11.2. The maximum atomic E-state index is 11.2. The highest BCUT2D eigenvalue weighted by Crippen LogP contribution is 2.19. The fourth-order valence-electron chi connectivity index (χ4n) is 1.26. The molecule has 0 atom stereocenters. The second-order valence-electron chi connectivity index (χ2n) is 3.52. The van der Waals surface area contributed by atoms with Crippen LogP contribution in [0.5, 0.6) is 11.6 Å². The quantitative estimate of drug-likeness (QED) is 0.837. The molecule has 0 saturated carbocycles. The largest absolute Gasteiger partial charge is 0.439 e. The Morgan fingerprint density at radius 3 is 2.29 bits per heavy atom. The van der Waals surface area contributed by atoms with Gasteiger partial charge in [-0.3, -0.25) is 0 Å². The van der Waals surface area contributed by atoms with Crippen molar-refractivity contribution in [1.29, 1.82) is 0 Å². The third kappa shape index (κ3) is 3.04. The number of para-hydroxylation sites is 1. The van der Waals surface area contributed by atoms with Crippen molar-refractivity contribution in [3.63, 3.8) is 0 Å². The van der Waals surface area contributed by atoms with Crippen LogP contribution in [0.15, 0.2) is 53.6 Å². The molecule has 0 aliphatic carbocycles. The maximum Gasteiger partial charge on any atom is 0.219 e. The number of sulfone groups is 1. The van der Waals surface area contributed by atoms with Gasteiger partial charge in [-0.2, -0.15) is 0 Å². The lowest BCUT2D eigenvalue weighted by Gasteiger charge is -2.04. The topological polar surface area (TPSA) is 56.3 Å². The van der Waals surface area contributed by atoms with Gasteiger partial charge in [0.25, 0.3) is 0 Å². The molecule has 17 heavy (non-hydrogen) atoms. The van der Waals surface area contributed by atoms with Crippen LogP contribution >= 0.6 is 0 Å². The van der Waals surface area contributed by atoms with E-state index in [1.165, 1.54) is 18.3 Å². The highest BCUT2D eigenvalue weighted by atomic mass is 32.2. The minimum Gasteiger partial charge on any atom is -0.439 e. The molecule has 0 bridgehead atoms. The molecular formula is C12H11NO3S. The fourth-order valence-corrected chi connectivity index (χ4v) is 1.82. The van der Waals surface area contributed by atoms with Crippen molar-refractivity contribution in [2.75, 3.05) is 6.26 Å². The van der Waals surface area contributed by atoms with Crippen molar-refractivity contribution < 1.29 is 13.2 Å². The van der Waals surface area contributed by atoms with Crippen LogP contribution in [-0.2, 0) is 9.84 Å². The Hall–Kier alpha value is -1.88. The molecule has 1 aromatic carbocycles. The molecule has 0 unspecified atom stereocenters. The molecule has 1 heterocycles. The van der Waals surface area contributed by atoms with E-state index in [-0.39, 0.29) is 4.90 Å². The zero-order chi connectivity index (χ0) is 12.3. The molecule has 5 heteroatoms. The summed E-state index contributed by atoms with van der Waals surface area (Å²) < 4.78 is 27.9. The Balaban J connectivity index is 2.20. The molecular weight excluding hydrogens is 238 g/mol. The zero-order valence-corrected chi connectivity index (χ0v) is 10.0.